The molecule has 0 N–H and O–H groups in total. The van der Waals surface area contributed by atoms with Crippen molar-refractivity contribution in [2.45, 2.75) is 64.8 Å². The molecular weight excluding hydrogens is 374 g/mol. The van der Waals surface area contributed by atoms with Crippen molar-refractivity contribution in [1.82, 2.24) is 24.7 Å². The van der Waals surface area contributed by atoms with Gasteiger partial charge in [-0.2, -0.15) is 5.10 Å². The molecule has 0 radical (unpaired) electrons. The molecule has 0 aromatic carbocycles. The molecular formula is C20H27N5O4. The predicted octanol–water partition coefficient (Wildman–Crippen LogP) is 2.42. The van der Waals surface area contributed by atoms with Crippen molar-refractivity contribution in [3.63, 3.8) is 0 Å². The molecule has 2 amide bonds. The lowest BCUT2D eigenvalue weighted by molar-refractivity contribution is 0.0136. The molecule has 2 atom stereocenters. The first-order valence-electron chi connectivity index (χ1n) is 9.88. The van der Waals surface area contributed by atoms with Crippen LogP contribution in [-0.2, 0) is 24.2 Å². The summed E-state index contributed by atoms with van der Waals surface area (Å²) in [5.74, 6) is 0.600. The predicted molar refractivity (Wildman–Crippen MR) is 103 cm³/mol. The largest absolute Gasteiger partial charge is 0.444 e. The molecule has 29 heavy (non-hydrogen) atoms. The number of ether oxygens (including phenoxy) is 1. The Morgan fingerprint density at radius 1 is 1.31 bits per heavy atom. The molecule has 9 nitrogen and oxygen atoms in total. The van der Waals surface area contributed by atoms with Crippen LogP contribution in [0.5, 0.6) is 0 Å². The highest BCUT2D eigenvalue weighted by Crippen LogP contribution is 2.31. The molecule has 2 aliphatic rings. The fraction of sp³-hybridized carbons (Fsp3) is 0.600. The summed E-state index contributed by atoms with van der Waals surface area (Å²) in [7, 11) is 1.78. The van der Waals surface area contributed by atoms with Gasteiger partial charge in [-0.1, -0.05) is 5.16 Å². The molecule has 0 aliphatic carbocycles. The zero-order valence-corrected chi connectivity index (χ0v) is 17.5. The molecule has 9 heteroatoms. The van der Waals surface area contributed by atoms with E-state index >= 15 is 0 Å². The highest BCUT2D eigenvalue weighted by Gasteiger charge is 2.38. The molecule has 2 aliphatic heterocycles. The van der Waals surface area contributed by atoms with Gasteiger partial charge in [-0.3, -0.25) is 9.48 Å². The Labute approximate surface area is 169 Å². The van der Waals surface area contributed by atoms with E-state index in [2.05, 4.69) is 5.16 Å². The van der Waals surface area contributed by atoms with Gasteiger partial charge in [0, 0.05) is 37.7 Å². The average molecular weight is 401 g/mol. The van der Waals surface area contributed by atoms with Crippen molar-refractivity contribution < 1.29 is 18.8 Å². The van der Waals surface area contributed by atoms with Crippen LogP contribution in [-0.4, -0.2) is 62.0 Å². The Morgan fingerprint density at radius 3 is 2.72 bits per heavy atom. The molecule has 156 valence electrons. The van der Waals surface area contributed by atoms with E-state index in [0.29, 0.717) is 31.7 Å². The summed E-state index contributed by atoms with van der Waals surface area (Å²) in [5, 5.41) is 8.54. The van der Waals surface area contributed by atoms with Gasteiger partial charge >= 0.3 is 6.09 Å². The Morgan fingerprint density at radius 2 is 2.07 bits per heavy atom. The van der Waals surface area contributed by atoms with Gasteiger partial charge < -0.3 is 19.1 Å². The number of fused-ring (bicyclic) bond motifs is 3. The van der Waals surface area contributed by atoms with E-state index in [9.17, 15) is 9.59 Å². The average Bonchev–Trinajstić information content (AvgIpc) is 3.23. The Kier molecular flexibility index (Phi) is 4.63. The lowest BCUT2D eigenvalue weighted by Gasteiger charge is -2.34. The SMILES string of the molecule is CC1Cc2nn3c(c2CN1C(=O)OC(C)(C)C)C(=O)N(C)CC(c1ccno1)C3. The first kappa shape index (κ1) is 19.5. The number of carbonyl (C=O) groups is 2. The van der Waals surface area contributed by atoms with E-state index in [1.807, 2.05) is 33.8 Å². The highest BCUT2D eigenvalue weighted by molar-refractivity contribution is 5.94. The summed E-state index contributed by atoms with van der Waals surface area (Å²) in [4.78, 5) is 29.2. The monoisotopic (exact) mass is 401 g/mol. The van der Waals surface area contributed by atoms with Crippen LogP contribution in [0.2, 0.25) is 0 Å². The maximum atomic E-state index is 13.2. The quantitative estimate of drug-likeness (QED) is 0.728. The normalized spacial score (nSPS) is 22.2. The molecule has 0 saturated heterocycles. The minimum absolute atomic E-state index is 0.0339. The third kappa shape index (κ3) is 3.61. The number of carbonyl (C=O) groups excluding carboxylic acids is 2. The molecule has 0 bridgehead atoms. The van der Waals surface area contributed by atoms with Gasteiger partial charge in [0.05, 0.1) is 30.9 Å². The van der Waals surface area contributed by atoms with Gasteiger partial charge in [0.25, 0.3) is 5.91 Å². The number of hydrogen-bond donors (Lipinski definition) is 0. The smallest absolute Gasteiger partial charge is 0.410 e. The number of nitrogens with zero attached hydrogens (tertiary/aromatic N) is 5. The minimum Gasteiger partial charge on any atom is -0.444 e. The molecule has 0 saturated carbocycles. The van der Waals surface area contributed by atoms with E-state index in [0.717, 1.165) is 17.0 Å². The van der Waals surface area contributed by atoms with Crippen molar-refractivity contribution >= 4 is 12.0 Å². The third-order valence-corrected chi connectivity index (χ3v) is 5.41. The van der Waals surface area contributed by atoms with Gasteiger partial charge in [0.2, 0.25) is 0 Å². The van der Waals surface area contributed by atoms with Gasteiger partial charge in [-0.15, -0.1) is 0 Å². The molecule has 4 heterocycles. The molecule has 4 rings (SSSR count). The van der Waals surface area contributed by atoms with Crippen molar-refractivity contribution in [1.29, 1.82) is 0 Å². The maximum Gasteiger partial charge on any atom is 0.410 e. The fourth-order valence-electron chi connectivity index (χ4n) is 4.01. The lowest BCUT2D eigenvalue weighted by Crippen LogP contribution is -2.45. The topological polar surface area (TPSA) is 93.7 Å². The number of rotatable bonds is 1. The van der Waals surface area contributed by atoms with Crippen molar-refractivity contribution in [3.05, 3.63) is 35.0 Å². The second kappa shape index (κ2) is 6.89. The van der Waals surface area contributed by atoms with E-state index in [1.165, 1.54) is 0 Å². The molecule has 0 spiro atoms. The molecule has 0 fully saturated rings. The van der Waals surface area contributed by atoms with E-state index in [1.54, 1.807) is 27.7 Å². The van der Waals surface area contributed by atoms with Crippen molar-refractivity contribution in [2.75, 3.05) is 13.6 Å². The van der Waals surface area contributed by atoms with Gasteiger partial charge in [0.1, 0.15) is 17.1 Å². The van der Waals surface area contributed by atoms with Crippen LogP contribution in [0.1, 0.15) is 61.1 Å². The van der Waals surface area contributed by atoms with E-state index in [4.69, 9.17) is 14.4 Å². The first-order chi connectivity index (χ1) is 13.6. The van der Waals surface area contributed by atoms with Crippen LogP contribution in [0.3, 0.4) is 0 Å². The maximum absolute atomic E-state index is 13.2. The summed E-state index contributed by atoms with van der Waals surface area (Å²) in [6.07, 6.45) is 1.82. The summed E-state index contributed by atoms with van der Waals surface area (Å²) >= 11 is 0. The number of likely N-dealkylation sites (N-methyl/N-ethyl adjacent to an activating group) is 1. The van der Waals surface area contributed by atoms with Crippen LogP contribution in [0.15, 0.2) is 16.8 Å². The molecule has 2 aromatic rings. The summed E-state index contributed by atoms with van der Waals surface area (Å²) < 4.78 is 12.7. The summed E-state index contributed by atoms with van der Waals surface area (Å²) in [5.41, 5.74) is 1.65. The minimum atomic E-state index is -0.576. The van der Waals surface area contributed by atoms with E-state index in [-0.39, 0.29) is 24.0 Å². The van der Waals surface area contributed by atoms with E-state index < -0.39 is 5.60 Å². The van der Waals surface area contributed by atoms with Crippen molar-refractivity contribution in [2.24, 2.45) is 0 Å². The van der Waals surface area contributed by atoms with Crippen LogP contribution in [0.4, 0.5) is 4.79 Å². The highest BCUT2D eigenvalue weighted by atomic mass is 16.6. The molecule has 2 unspecified atom stereocenters. The number of hydrogen-bond acceptors (Lipinski definition) is 6. The summed E-state index contributed by atoms with van der Waals surface area (Å²) in [6, 6.07) is 1.76. The van der Waals surface area contributed by atoms with Crippen LogP contribution < -0.4 is 0 Å². The van der Waals surface area contributed by atoms with Gasteiger partial charge in [0.15, 0.2) is 0 Å². The van der Waals surface area contributed by atoms with Crippen LogP contribution >= 0.6 is 0 Å². The zero-order valence-electron chi connectivity index (χ0n) is 17.5. The standard InChI is InChI=1S/C20H27N5O4/c1-12-8-15-14(11-24(12)19(27)28-20(2,3)4)17-18(26)23(5)9-13(10-25(17)22-15)16-6-7-21-29-16/h6-7,12-13H,8-11H2,1-5H3. The van der Waals surface area contributed by atoms with Crippen LogP contribution in [0.25, 0.3) is 0 Å². The third-order valence-electron chi connectivity index (χ3n) is 5.41. The second-order valence-corrected chi connectivity index (χ2v) is 8.91. The van der Waals surface area contributed by atoms with Crippen molar-refractivity contribution in [3.8, 4) is 0 Å². The number of amides is 2. The summed E-state index contributed by atoms with van der Waals surface area (Å²) in [6.45, 7) is 8.86. The Bertz CT molecular complexity index is 928. The number of aromatic nitrogens is 3. The fourth-order valence-corrected chi connectivity index (χ4v) is 4.01. The Balaban J connectivity index is 1.68. The van der Waals surface area contributed by atoms with Gasteiger partial charge in [-0.25, -0.2) is 4.79 Å². The second-order valence-electron chi connectivity index (χ2n) is 8.91. The Hall–Kier alpha value is -2.84. The zero-order chi connectivity index (χ0) is 20.9. The first-order valence-corrected chi connectivity index (χ1v) is 9.88. The molecule has 2 aromatic heterocycles. The lowest BCUT2D eigenvalue weighted by atomic mass is 9.99. The van der Waals surface area contributed by atoms with Crippen LogP contribution in [0, 0.1) is 0 Å². The van der Waals surface area contributed by atoms with Gasteiger partial charge in [-0.05, 0) is 27.7 Å².